The van der Waals surface area contributed by atoms with E-state index in [1.807, 2.05) is 25.8 Å². The lowest BCUT2D eigenvalue weighted by Gasteiger charge is -2.35. The van der Waals surface area contributed by atoms with Crippen molar-refractivity contribution in [3.63, 3.8) is 0 Å². The van der Waals surface area contributed by atoms with Crippen molar-refractivity contribution in [2.24, 2.45) is 0 Å². The van der Waals surface area contributed by atoms with Crippen LogP contribution in [-0.4, -0.2) is 54.6 Å². The predicted octanol–water partition coefficient (Wildman–Crippen LogP) is 5.28. The molecule has 0 saturated carbocycles. The van der Waals surface area contributed by atoms with E-state index < -0.39 is 26.1 Å². The van der Waals surface area contributed by atoms with Crippen LogP contribution in [0.2, 0.25) is 5.02 Å². The highest BCUT2D eigenvalue weighted by Crippen LogP contribution is 2.49. The van der Waals surface area contributed by atoms with E-state index in [2.05, 4.69) is 0 Å². The number of likely N-dealkylation sites (N-methyl/N-ethyl adjacent to an activating group) is 1. The topological polar surface area (TPSA) is 102 Å². The van der Waals surface area contributed by atoms with Crippen molar-refractivity contribution in [2.75, 3.05) is 33.4 Å². The van der Waals surface area contributed by atoms with Crippen LogP contribution in [0.25, 0.3) is 22.3 Å². The number of likely N-dealkylation sites (tertiary alicyclic amines) is 1. The molecule has 1 fully saturated rings. The van der Waals surface area contributed by atoms with E-state index in [1.165, 1.54) is 12.1 Å². The van der Waals surface area contributed by atoms with Crippen molar-refractivity contribution < 1.29 is 28.2 Å². The molecular weight excluding hydrogens is 493 g/mol. The van der Waals surface area contributed by atoms with Crippen LogP contribution in [0, 0.1) is 0 Å². The SMILES string of the molecule is CCOP(OCC)Oc1cc(O)c2c(=O)cc(-c3ccccc3Cl)oc2c1C1CCN(C)CC1O. The van der Waals surface area contributed by atoms with Gasteiger partial charge in [-0.25, -0.2) is 0 Å². The van der Waals surface area contributed by atoms with E-state index >= 15 is 0 Å². The first-order chi connectivity index (χ1) is 16.8. The molecule has 2 N–H and O–H groups in total. The normalized spacial score (nSPS) is 18.9. The molecule has 2 atom stereocenters. The smallest absolute Gasteiger partial charge is 0.397 e. The molecule has 1 aromatic heterocycles. The van der Waals surface area contributed by atoms with Crippen molar-refractivity contribution in [1.29, 1.82) is 0 Å². The molecule has 2 unspecified atom stereocenters. The van der Waals surface area contributed by atoms with Gasteiger partial charge in [0.25, 0.3) is 0 Å². The number of rotatable bonds is 8. The molecular formula is C25H29ClNO7P. The Morgan fingerprint density at radius 1 is 1.20 bits per heavy atom. The van der Waals surface area contributed by atoms with E-state index in [0.29, 0.717) is 42.3 Å². The Bertz CT molecular complexity index is 1240. The summed E-state index contributed by atoms with van der Waals surface area (Å²) in [6, 6.07) is 9.72. The Morgan fingerprint density at radius 3 is 2.57 bits per heavy atom. The van der Waals surface area contributed by atoms with Crippen LogP contribution in [0.15, 0.2) is 45.6 Å². The highest BCUT2D eigenvalue weighted by atomic mass is 35.5. The fourth-order valence-electron chi connectivity index (χ4n) is 4.34. The summed E-state index contributed by atoms with van der Waals surface area (Å²) >= 11 is 6.38. The minimum atomic E-state index is -1.77. The number of aromatic hydroxyl groups is 1. The van der Waals surface area contributed by atoms with Crippen molar-refractivity contribution in [1.82, 2.24) is 4.90 Å². The second-order valence-corrected chi connectivity index (χ2v) is 9.89. The molecule has 1 aliphatic rings. The second kappa shape index (κ2) is 11.2. The highest BCUT2D eigenvalue weighted by Gasteiger charge is 2.34. The maximum absolute atomic E-state index is 13.2. The van der Waals surface area contributed by atoms with Crippen LogP contribution in [0.1, 0.15) is 31.7 Å². The van der Waals surface area contributed by atoms with Crippen LogP contribution in [0.3, 0.4) is 0 Å². The molecule has 1 saturated heterocycles. The van der Waals surface area contributed by atoms with Crippen LogP contribution in [-0.2, 0) is 9.05 Å². The van der Waals surface area contributed by atoms with Gasteiger partial charge in [0.15, 0.2) is 5.43 Å². The number of aliphatic hydroxyl groups excluding tert-OH is 1. The number of hydrogen-bond donors (Lipinski definition) is 2. The van der Waals surface area contributed by atoms with Gasteiger partial charge in [-0.1, -0.05) is 23.7 Å². The molecule has 0 radical (unpaired) electrons. The molecule has 0 bridgehead atoms. The van der Waals surface area contributed by atoms with Gasteiger partial charge in [-0.05, 0) is 46.0 Å². The third-order valence-corrected chi connectivity index (χ3v) is 7.53. The second-order valence-electron chi connectivity index (χ2n) is 8.34. The largest absolute Gasteiger partial charge is 0.507 e. The molecule has 188 valence electrons. The molecule has 8 nitrogen and oxygen atoms in total. The summed E-state index contributed by atoms with van der Waals surface area (Å²) in [6.45, 7) is 5.54. The number of phenols is 1. The molecule has 2 heterocycles. The maximum atomic E-state index is 13.2. The molecule has 10 heteroatoms. The maximum Gasteiger partial charge on any atom is 0.397 e. The summed E-state index contributed by atoms with van der Waals surface area (Å²) in [5.41, 5.74) is 0.765. The van der Waals surface area contributed by atoms with Gasteiger partial charge in [-0.15, -0.1) is 0 Å². The average molecular weight is 522 g/mol. The van der Waals surface area contributed by atoms with Crippen LogP contribution < -0.4 is 9.95 Å². The first kappa shape index (κ1) is 25.9. The average Bonchev–Trinajstić information content (AvgIpc) is 2.80. The number of aliphatic hydroxyl groups is 1. The zero-order valence-corrected chi connectivity index (χ0v) is 21.5. The predicted molar refractivity (Wildman–Crippen MR) is 136 cm³/mol. The number of hydrogen-bond acceptors (Lipinski definition) is 8. The fraction of sp³-hybridized carbons (Fsp3) is 0.400. The van der Waals surface area contributed by atoms with Gasteiger partial charge >= 0.3 is 8.60 Å². The van der Waals surface area contributed by atoms with Crippen molar-refractivity contribution in [3.8, 4) is 22.8 Å². The van der Waals surface area contributed by atoms with Gasteiger partial charge < -0.3 is 33.1 Å². The summed E-state index contributed by atoms with van der Waals surface area (Å²) in [4.78, 5) is 15.2. The number of phenolic OH excluding ortho intramolecular Hbond substituents is 1. The quantitative estimate of drug-likeness (QED) is 0.386. The van der Waals surface area contributed by atoms with E-state index in [0.717, 1.165) is 6.54 Å². The molecule has 0 spiro atoms. The zero-order valence-electron chi connectivity index (χ0n) is 19.9. The first-order valence-electron chi connectivity index (χ1n) is 11.5. The Labute approximate surface area is 210 Å². The Hall–Kier alpha value is -2.19. The van der Waals surface area contributed by atoms with Crippen LogP contribution in [0.5, 0.6) is 11.5 Å². The fourth-order valence-corrected chi connectivity index (χ4v) is 5.48. The van der Waals surface area contributed by atoms with Gasteiger partial charge in [0.1, 0.15) is 28.2 Å². The Kier molecular flexibility index (Phi) is 8.32. The van der Waals surface area contributed by atoms with Crippen molar-refractivity contribution in [3.05, 3.63) is 57.2 Å². The molecule has 4 rings (SSSR count). The van der Waals surface area contributed by atoms with Gasteiger partial charge in [0.05, 0.1) is 24.3 Å². The minimum absolute atomic E-state index is 0.0198. The van der Waals surface area contributed by atoms with E-state index in [4.69, 9.17) is 29.6 Å². The molecule has 35 heavy (non-hydrogen) atoms. The summed E-state index contributed by atoms with van der Waals surface area (Å²) in [7, 11) is 0.162. The third kappa shape index (κ3) is 5.48. The standard InChI is InChI=1S/C25H29ClNO7P/c1-4-31-35(32-5-2)34-22-13-19(29)24-18(28)12-21(15-8-6-7-9-17(15)26)33-25(24)23(22)16-10-11-27(3)14-20(16)30/h6-9,12-13,16,20,29-30H,4-5,10-11,14H2,1-3H3. The van der Waals surface area contributed by atoms with Crippen LogP contribution in [0.4, 0.5) is 0 Å². The lowest BCUT2D eigenvalue weighted by atomic mass is 9.85. The van der Waals surface area contributed by atoms with Crippen molar-refractivity contribution >= 4 is 31.2 Å². The molecule has 2 aromatic carbocycles. The highest BCUT2D eigenvalue weighted by molar-refractivity contribution is 7.42. The summed E-state index contributed by atoms with van der Waals surface area (Å²) in [5.74, 6) is -0.195. The number of β-amino-alcohol motifs (C(OH)–C–C–N with tert-alkyl or cyclic N) is 1. The number of nitrogens with zero attached hydrogens (tertiary/aromatic N) is 1. The third-order valence-electron chi connectivity index (χ3n) is 5.92. The zero-order chi connectivity index (χ0) is 25.1. The van der Waals surface area contributed by atoms with E-state index in [-0.39, 0.29) is 28.2 Å². The molecule has 1 aliphatic heterocycles. The van der Waals surface area contributed by atoms with E-state index in [9.17, 15) is 15.0 Å². The lowest BCUT2D eigenvalue weighted by molar-refractivity contribution is 0.0632. The number of halogens is 1. The van der Waals surface area contributed by atoms with E-state index in [1.54, 1.807) is 24.3 Å². The number of benzene rings is 2. The summed E-state index contributed by atoms with van der Waals surface area (Å²) < 4.78 is 23.6. The Morgan fingerprint density at radius 2 is 1.91 bits per heavy atom. The first-order valence-corrected chi connectivity index (χ1v) is 13.0. The van der Waals surface area contributed by atoms with Gasteiger partial charge in [0, 0.05) is 35.7 Å². The lowest BCUT2D eigenvalue weighted by Crippen LogP contribution is -2.40. The molecule has 3 aromatic rings. The molecule has 0 aliphatic carbocycles. The minimum Gasteiger partial charge on any atom is -0.507 e. The van der Waals surface area contributed by atoms with Crippen LogP contribution >= 0.6 is 20.2 Å². The summed E-state index contributed by atoms with van der Waals surface area (Å²) in [6.07, 6.45) is -0.154. The van der Waals surface area contributed by atoms with Gasteiger partial charge in [0.2, 0.25) is 0 Å². The monoisotopic (exact) mass is 521 g/mol. The van der Waals surface area contributed by atoms with Gasteiger partial charge in [-0.2, -0.15) is 0 Å². The Balaban J connectivity index is 1.97. The van der Waals surface area contributed by atoms with Crippen molar-refractivity contribution in [2.45, 2.75) is 32.3 Å². The summed E-state index contributed by atoms with van der Waals surface area (Å²) in [5, 5.41) is 22.3. The number of piperidine rings is 1. The van der Waals surface area contributed by atoms with Gasteiger partial charge in [-0.3, -0.25) is 4.79 Å². The number of fused-ring (bicyclic) bond motifs is 1. The molecule has 0 amide bonds.